The second-order valence-corrected chi connectivity index (χ2v) is 8.02. The van der Waals surface area contributed by atoms with Gasteiger partial charge in [0.1, 0.15) is 0 Å². The number of aryl methyl sites for hydroxylation is 2. The van der Waals surface area contributed by atoms with Crippen molar-refractivity contribution >= 4 is 27.6 Å². The van der Waals surface area contributed by atoms with Crippen LogP contribution in [-0.2, 0) is 19.6 Å². The van der Waals surface area contributed by atoms with Crippen molar-refractivity contribution in [3.8, 4) is 6.07 Å². The molecule has 29 heavy (non-hydrogen) atoms. The van der Waals surface area contributed by atoms with Crippen molar-refractivity contribution in [1.29, 1.82) is 5.26 Å². The van der Waals surface area contributed by atoms with Gasteiger partial charge in [-0.25, -0.2) is 17.9 Å². The summed E-state index contributed by atoms with van der Waals surface area (Å²) >= 11 is 0. The number of sulfonamides is 1. The van der Waals surface area contributed by atoms with Crippen molar-refractivity contribution < 1.29 is 22.7 Å². The Kier molecular flexibility index (Phi) is 7.47. The maximum absolute atomic E-state index is 12.1. The van der Waals surface area contributed by atoms with Gasteiger partial charge in [-0.05, 0) is 61.4 Å². The molecule has 1 amide bonds. The van der Waals surface area contributed by atoms with Crippen LogP contribution in [0.2, 0.25) is 0 Å². The zero-order valence-corrected chi connectivity index (χ0v) is 16.9. The van der Waals surface area contributed by atoms with Gasteiger partial charge >= 0.3 is 5.97 Å². The fourth-order valence-electron chi connectivity index (χ4n) is 2.33. The summed E-state index contributed by atoms with van der Waals surface area (Å²) in [5.41, 5.74) is 2.84. The van der Waals surface area contributed by atoms with E-state index in [1.54, 1.807) is 6.07 Å². The highest BCUT2D eigenvalue weighted by atomic mass is 32.2. The van der Waals surface area contributed by atoms with Crippen LogP contribution in [-0.4, -0.2) is 33.4 Å². The topological polar surface area (TPSA) is 125 Å². The molecule has 0 aliphatic carbocycles. The number of esters is 1. The first-order valence-electron chi connectivity index (χ1n) is 8.74. The molecule has 0 unspecified atom stereocenters. The average molecular weight is 415 g/mol. The SMILES string of the molecule is Cc1ccc(NC(=O)COC(=O)c2ccc(S(=O)(=O)NCCC#N)cc2)cc1C. The maximum atomic E-state index is 12.1. The lowest BCUT2D eigenvalue weighted by atomic mass is 10.1. The highest BCUT2D eigenvalue weighted by Gasteiger charge is 2.15. The van der Waals surface area contributed by atoms with Crippen LogP contribution in [0.1, 0.15) is 27.9 Å². The first-order chi connectivity index (χ1) is 13.7. The van der Waals surface area contributed by atoms with Crippen LogP contribution in [0.3, 0.4) is 0 Å². The van der Waals surface area contributed by atoms with E-state index in [0.717, 1.165) is 11.1 Å². The van der Waals surface area contributed by atoms with E-state index in [1.807, 2.05) is 32.0 Å². The normalized spacial score (nSPS) is 10.8. The third-order valence-electron chi connectivity index (χ3n) is 4.05. The second-order valence-electron chi connectivity index (χ2n) is 6.25. The largest absolute Gasteiger partial charge is 0.452 e. The minimum atomic E-state index is -3.76. The van der Waals surface area contributed by atoms with Gasteiger partial charge in [-0.2, -0.15) is 5.26 Å². The third-order valence-corrected chi connectivity index (χ3v) is 5.53. The number of carbonyl (C=O) groups is 2. The summed E-state index contributed by atoms with van der Waals surface area (Å²) < 4.78 is 31.3. The van der Waals surface area contributed by atoms with Gasteiger partial charge in [0.2, 0.25) is 10.0 Å². The summed E-state index contributed by atoms with van der Waals surface area (Å²) in [6.07, 6.45) is 0.0495. The molecule has 152 valence electrons. The molecule has 0 aliphatic heterocycles. The molecule has 2 aromatic carbocycles. The van der Waals surface area contributed by atoms with Crippen LogP contribution < -0.4 is 10.0 Å². The van der Waals surface area contributed by atoms with Crippen molar-refractivity contribution in [2.45, 2.75) is 25.2 Å². The van der Waals surface area contributed by atoms with Crippen LogP contribution in [0, 0.1) is 25.2 Å². The highest BCUT2D eigenvalue weighted by Crippen LogP contribution is 2.14. The van der Waals surface area contributed by atoms with E-state index in [1.165, 1.54) is 24.3 Å². The van der Waals surface area contributed by atoms with Crippen molar-refractivity contribution in [1.82, 2.24) is 4.72 Å². The predicted octanol–water partition coefficient (Wildman–Crippen LogP) is 2.29. The maximum Gasteiger partial charge on any atom is 0.338 e. The van der Waals surface area contributed by atoms with E-state index in [4.69, 9.17) is 10.00 Å². The Bertz CT molecular complexity index is 1040. The molecule has 0 saturated heterocycles. The van der Waals surface area contributed by atoms with Gasteiger partial charge in [0.05, 0.1) is 16.5 Å². The molecule has 2 rings (SSSR count). The molecule has 0 fully saturated rings. The van der Waals surface area contributed by atoms with Gasteiger partial charge in [-0.15, -0.1) is 0 Å². The molecule has 0 aliphatic rings. The van der Waals surface area contributed by atoms with E-state index >= 15 is 0 Å². The van der Waals surface area contributed by atoms with Crippen molar-refractivity contribution in [3.05, 3.63) is 59.2 Å². The summed E-state index contributed by atoms with van der Waals surface area (Å²) in [5, 5.41) is 11.1. The molecule has 2 aromatic rings. The summed E-state index contributed by atoms with van der Waals surface area (Å²) in [7, 11) is -3.76. The molecule has 0 bridgehead atoms. The Labute approximate surface area is 169 Å². The standard InChI is InChI=1S/C20H21N3O5S/c1-14-4-7-17(12-15(14)2)23-19(24)13-28-20(25)16-5-8-18(9-6-16)29(26,27)22-11-3-10-21/h4-9,12,22H,3,11,13H2,1-2H3,(H,23,24). The quantitative estimate of drug-likeness (QED) is 0.503. The predicted molar refractivity (Wildman–Crippen MR) is 107 cm³/mol. The number of benzene rings is 2. The van der Waals surface area contributed by atoms with Crippen molar-refractivity contribution in [2.24, 2.45) is 0 Å². The molecule has 0 saturated carbocycles. The first kappa shape index (κ1) is 22.1. The zero-order chi connectivity index (χ0) is 21.4. The summed E-state index contributed by atoms with van der Waals surface area (Å²) in [6.45, 7) is 3.41. The Morgan fingerprint density at radius 3 is 2.38 bits per heavy atom. The van der Waals surface area contributed by atoms with E-state index in [0.29, 0.717) is 5.69 Å². The minimum absolute atomic E-state index is 0.00174. The molecular weight excluding hydrogens is 394 g/mol. The third kappa shape index (κ3) is 6.41. The molecule has 8 nitrogen and oxygen atoms in total. The number of hydrogen-bond acceptors (Lipinski definition) is 6. The monoisotopic (exact) mass is 415 g/mol. The van der Waals surface area contributed by atoms with Gasteiger partial charge in [-0.3, -0.25) is 4.79 Å². The molecule has 0 heterocycles. The van der Waals surface area contributed by atoms with Crippen LogP contribution in [0.25, 0.3) is 0 Å². The number of nitriles is 1. The smallest absolute Gasteiger partial charge is 0.338 e. The fourth-order valence-corrected chi connectivity index (χ4v) is 3.36. The van der Waals surface area contributed by atoms with Crippen LogP contribution in [0.15, 0.2) is 47.4 Å². The van der Waals surface area contributed by atoms with E-state index in [9.17, 15) is 18.0 Å². The van der Waals surface area contributed by atoms with Crippen LogP contribution in [0.4, 0.5) is 5.69 Å². The summed E-state index contributed by atoms with van der Waals surface area (Å²) in [5.74, 6) is -1.23. The lowest BCUT2D eigenvalue weighted by molar-refractivity contribution is -0.119. The number of hydrogen-bond donors (Lipinski definition) is 2. The van der Waals surface area contributed by atoms with Crippen LogP contribution in [0.5, 0.6) is 0 Å². The minimum Gasteiger partial charge on any atom is -0.452 e. The molecule has 0 atom stereocenters. The fraction of sp³-hybridized carbons (Fsp3) is 0.250. The molecule has 2 N–H and O–H groups in total. The van der Waals surface area contributed by atoms with E-state index in [2.05, 4.69) is 10.0 Å². The molecule has 0 aromatic heterocycles. The Hall–Kier alpha value is -3.22. The van der Waals surface area contributed by atoms with Crippen molar-refractivity contribution in [2.75, 3.05) is 18.5 Å². The van der Waals surface area contributed by atoms with Gasteiger partial charge in [0.25, 0.3) is 5.91 Å². The Morgan fingerprint density at radius 1 is 1.07 bits per heavy atom. The second kappa shape index (κ2) is 9.82. The molecule has 0 radical (unpaired) electrons. The summed E-state index contributed by atoms with van der Waals surface area (Å²) in [6, 6.07) is 12.4. The Balaban J connectivity index is 1.91. The lowest BCUT2D eigenvalue weighted by Crippen LogP contribution is -2.24. The van der Waals surface area contributed by atoms with Gasteiger partial charge in [0, 0.05) is 18.7 Å². The number of amides is 1. The van der Waals surface area contributed by atoms with Crippen molar-refractivity contribution in [3.63, 3.8) is 0 Å². The number of carbonyl (C=O) groups excluding carboxylic acids is 2. The molecule has 9 heteroatoms. The van der Waals surface area contributed by atoms with Gasteiger partial charge in [-0.1, -0.05) is 6.07 Å². The van der Waals surface area contributed by atoms with Gasteiger partial charge in [0.15, 0.2) is 6.61 Å². The highest BCUT2D eigenvalue weighted by molar-refractivity contribution is 7.89. The molecule has 0 spiro atoms. The Morgan fingerprint density at radius 2 is 1.76 bits per heavy atom. The number of rotatable bonds is 8. The van der Waals surface area contributed by atoms with E-state index in [-0.39, 0.29) is 23.4 Å². The number of nitrogens with zero attached hydrogens (tertiary/aromatic N) is 1. The summed E-state index contributed by atoms with van der Waals surface area (Å²) in [4.78, 5) is 24.0. The van der Waals surface area contributed by atoms with Crippen LogP contribution >= 0.6 is 0 Å². The van der Waals surface area contributed by atoms with Gasteiger partial charge < -0.3 is 10.1 Å². The van der Waals surface area contributed by atoms with E-state index < -0.39 is 28.5 Å². The first-order valence-corrected chi connectivity index (χ1v) is 10.2. The average Bonchev–Trinajstić information content (AvgIpc) is 2.69. The number of nitrogens with one attached hydrogen (secondary N) is 2. The lowest BCUT2D eigenvalue weighted by Gasteiger charge is -2.09. The zero-order valence-electron chi connectivity index (χ0n) is 16.1. The number of ether oxygens (including phenoxy) is 1. The molecular formula is C20H21N3O5S. The number of anilines is 1.